The van der Waals surface area contributed by atoms with Gasteiger partial charge in [-0.2, -0.15) is 0 Å². The molecule has 0 radical (unpaired) electrons. The molecule has 3 aromatic carbocycles. The Morgan fingerprint density at radius 1 is 0.746 bits per heavy atom. The SMILES string of the molecule is NC(=NCCC[C@H](NC(=O)C(CCCCCCCCN1C(=O)c2ccccc2C1=O)C1CCCC1)C(=O)N[C@@H](Cc1ccccc1)C(=O)C(=O)NCCNS(=O)(=O)c1ccccc1)N[N+](=O)[O-]. The van der Waals surface area contributed by atoms with Gasteiger partial charge in [-0.3, -0.25) is 33.7 Å². The number of aliphatic imine (C=N–C) groups is 1. The van der Waals surface area contributed by atoms with Crippen LogP contribution in [0.4, 0.5) is 0 Å². The molecule has 0 saturated heterocycles. The van der Waals surface area contributed by atoms with E-state index in [9.17, 15) is 47.3 Å². The molecule has 5 amide bonds. The summed E-state index contributed by atoms with van der Waals surface area (Å²) in [4.78, 5) is 96.9. The molecular formula is C47H61N9O10S. The van der Waals surface area contributed by atoms with Crippen LogP contribution in [0.25, 0.3) is 0 Å². The van der Waals surface area contributed by atoms with Gasteiger partial charge in [0, 0.05) is 38.5 Å². The fraction of sp³-hybridized carbons (Fsp3) is 0.468. The van der Waals surface area contributed by atoms with Crippen LogP contribution in [0, 0.1) is 22.0 Å². The van der Waals surface area contributed by atoms with Gasteiger partial charge in [0.2, 0.25) is 27.6 Å². The lowest BCUT2D eigenvalue weighted by molar-refractivity contribution is -0.525. The van der Waals surface area contributed by atoms with Crippen molar-refractivity contribution in [3.63, 3.8) is 0 Å². The smallest absolute Gasteiger partial charge is 0.289 e. The van der Waals surface area contributed by atoms with E-state index in [1.807, 2.05) is 0 Å². The first kappa shape index (κ1) is 51.4. The lowest BCUT2D eigenvalue weighted by atomic mass is 9.85. The van der Waals surface area contributed by atoms with Gasteiger partial charge >= 0.3 is 0 Å². The Morgan fingerprint density at radius 3 is 1.97 bits per heavy atom. The number of Topliss-reactive ketones (excluding diaryl/α,β-unsaturated/α-hetero) is 1. The minimum atomic E-state index is -3.87. The fourth-order valence-electron chi connectivity index (χ4n) is 8.52. The van der Waals surface area contributed by atoms with Crippen LogP contribution in [0.2, 0.25) is 0 Å². The lowest BCUT2D eigenvalue weighted by Gasteiger charge is -2.27. The largest absolute Gasteiger partial charge is 0.365 e. The Balaban J connectivity index is 1.19. The summed E-state index contributed by atoms with van der Waals surface area (Å²) in [5, 5.41) is 18.0. The van der Waals surface area contributed by atoms with Gasteiger partial charge < -0.3 is 21.7 Å². The number of carbonyl (C=O) groups excluding carboxylic acids is 6. The van der Waals surface area contributed by atoms with Crippen LogP contribution in [0.3, 0.4) is 0 Å². The molecule has 1 fully saturated rings. The van der Waals surface area contributed by atoms with Gasteiger partial charge in [0.1, 0.15) is 12.1 Å². The standard InChI is InChI=1S/C47H61N9O10S/c48-47(54-56(63)64)50-28-17-27-39(43(59)53-40(32-33-18-7-5-8-19-33)41(57)44(60)49-29-30-51-67(65,66)35-22-9-6-10-23-35)52-42(58)36(34-20-12-13-21-34)24-11-3-1-2-4-16-31-55-45(61)37-25-14-15-26-38(37)46(55)62/h5-10,14-15,18-19,22-23,25-26,34,36,39-40,51H,1-4,11-13,16-17,20-21,24,27-32H2,(H,49,60)(H,52,58)(H,53,59)(H3,48,50,54)/t36?,39-,40-/m0/s1. The van der Waals surface area contributed by atoms with Gasteiger partial charge in [-0.1, -0.05) is 111 Å². The number of nitrogens with one attached hydrogen (secondary N) is 5. The Labute approximate surface area is 390 Å². The number of hydrazine groups is 1. The monoisotopic (exact) mass is 943 g/mol. The number of amides is 5. The summed E-state index contributed by atoms with van der Waals surface area (Å²) in [7, 11) is -3.87. The number of imide groups is 1. The van der Waals surface area contributed by atoms with Gasteiger partial charge in [0.15, 0.2) is 5.03 Å². The summed E-state index contributed by atoms with van der Waals surface area (Å²) in [5.74, 6) is -4.31. The van der Waals surface area contributed by atoms with Crippen molar-refractivity contribution in [3.05, 3.63) is 112 Å². The molecule has 3 aromatic rings. The summed E-state index contributed by atoms with van der Waals surface area (Å²) in [5.41, 5.74) is 8.86. The number of guanidine groups is 1. The highest BCUT2D eigenvalue weighted by molar-refractivity contribution is 7.89. The van der Waals surface area contributed by atoms with Crippen LogP contribution >= 0.6 is 0 Å². The van der Waals surface area contributed by atoms with E-state index >= 15 is 0 Å². The fourth-order valence-corrected chi connectivity index (χ4v) is 9.57. The van der Waals surface area contributed by atoms with Gasteiger partial charge in [0.25, 0.3) is 23.7 Å². The minimum Gasteiger partial charge on any atom is -0.365 e. The summed E-state index contributed by atoms with van der Waals surface area (Å²) in [6.07, 6.45) is 9.31. The molecule has 1 unspecified atom stereocenters. The zero-order valence-electron chi connectivity index (χ0n) is 37.5. The van der Waals surface area contributed by atoms with Gasteiger partial charge in [-0.15, -0.1) is 0 Å². The minimum absolute atomic E-state index is 0.0188. The van der Waals surface area contributed by atoms with E-state index in [2.05, 4.69) is 25.7 Å². The molecular weight excluding hydrogens is 883 g/mol. The highest BCUT2D eigenvalue weighted by Crippen LogP contribution is 2.35. The maximum Gasteiger partial charge on any atom is 0.289 e. The van der Waals surface area contributed by atoms with Crippen LogP contribution in [0.1, 0.15) is 110 Å². The van der Waals surface area contributed by atoms with E-state index in [1.165, 1.54) is 17.0 Å². The number of sulfonamides is 1. The van der Waals surface area contributed by atoms with E-state index in [1.54, 1.807) is 78.2 Å². The van der Waals surface area contributed by atoms with Crippen molar-refractivity contribution in [2.24, 2.45) is 22.6 Å². The zero-order chi connectivity index (χ0) is 48.2. The van der Waals surface area contributed by atoms with Crippen LogP contribution in [-0.2, 0) is 35.6 Å². The van der Waals surface area contributed by atoms with Gasteiger partial charge in [0.05, 0.1) is 16.0 Å². The molecule has 2 aliphatic rings. The third-order valence-corrected chi connectivity index (χ3v) is 13.5. The van der Waals surface area contributed by atoms with Gasteiger partial charge in [-0.25, -0.2) is 28.2 Å². The first-order valence-corrected chi connectivity index (χ1v) is 24.4. The number of benzene rings is 3. The number of nitrogens with zero attached hydrogens (tertiary/aromatic N) is 3. The number of nitro groups is 1. The molecule has 1 saturated carbocycles. The van der Waals surface area contributed by atoms with Crippen molar-refractivity contribution in [3.8, 4) is 0 Å². The van der Waals surface area contributed by atoms with E-state index in [-0.39, 0.29) is 67.4 Å². The third-order valence-electron chi connectivity index (χ3n) is 12.0. The number of hydrogen-bond donors (Lipinski definition) is 6. The van der Waals surface area contributed by atoms with Crippen molar-refractivity contribution in [2.45, 2.75) is 107 Å². The molecule has 20 heteroatoms. The average Bonchev–Trinajstić information content (AvgIpc) is 3.94. The number of nitrogens with two attached hydrogens (primary N) is 1. The summed E-state index contributed by atoms with van der Waals surface area (Å²) >= 11 is 0. The van der Waals surface area contributed by atoms with Gasteiger partial charge in [-0.05, 0) is 74.3 Å². The summed E-state index contributed by atoms with van der Waals surface area (Å²) in [6.45, 7) is -0.110. The van der Waals surface area contributed by atoms with Crippen molar-refractivity contribution >= 4 is 51.3 Å². The quantitative estimate of drug-likeness (QED) is 0.0116. The van der Waals surface area contributed by atoms with E-state index < -0.39 is 56.6 Å². The second-order valence-electron chi connectivity index (χ2n) is 16.8. The highest BCUT2D eigenvalue weighted by atomic mass is 32.2. The van der Waals surface area contributed by atoms with Crippen LogP contribution in [-0.4, -0.2) is 97.9 Å². The molecule has 1 aliphatic carbocycles. The molecule has 0 bridgehead atoms. The lowest BCUT2D eigenvalue weighted by Crippen LogP contribution is -2.55. The number of carbonyl (C=O) groups is 6. The number of hydrogen-bond acceptors (Lipinski definition) is 11. The molecule has 1 aliphatic heterocycles. The van der Waals surface area contributed by atoms with E-state index in [0.29, 0.717) is 36.1 Å². The molecule has 1 heterocycles. The Bertz CT molecular complexity index is 2290. The second kappa shape index (κ2) is 26.0. The molecule has 5 rings (SSSR count). The molecule has 67 heavy (non-hydrogen) atoms. The maximum atomic E-state index is 14.2. The number of unbranched alkanes of at least 4 members (excludes halogenated alkanes) is 5. The average molecular weight is 944 g/mol. The normalized spacial score (nSPS) is 15.3. The molecule has 3 atom stereocenters. The maximum absolute atomic E-state index is 14.2. The number of ketones is 1. The second-order valence-corrected chi connectivity index (χ2v) is 18.6. The van der Waals surface area contributed by atoms with Crippen molar-refractivity contribution in [2.75, 3.05) is 26.2 Å². The predicted octanol–water partition coefficient (Wildman–Crippen LogP) is 3.57. The molecule has 19 nitrogen and oxygen atoms in total. The topological polar surface area (TPSA) is 281 Å². The third kappa shape index (κ3) is 15.8. The molecule has 0 spiro atoms. The molecule has 360 valence electrons. The summed E-state index contributed by atoms with van der Waals surface area (Å²) < 4.78 is 27.6. The first-order valence-electron chi connectivity index (χ1n) is 22.9. The zero-order valence-corrected chi connectivity index (χ0v) is 38.3. The van der Waals surface area contributed by atoms with E-state index in [0.717, 1.165) is 57.8 Å². The first-order chi connectivity index (χ1) is 32.2. The van der Waals surface area contributed by atoms with Crippen LogP contribution in [0.15, 0.2) is 94.8 Å². The molecule has 7 N–H and O–H groups in total. The Hall–Kier alpha value is -6.54. The van der Waals surface area contributed by atoms with Crippen LogP contribution in [0.5, 0.6) is 0 Å². The molecule has 0 aromatic heterocycles. The van der Waals surface area contributed by atoms with Crippen molar-refractivity contribution in [1.82, 2.24) is 31.0 Å². The Kier molecular flexibility index (Phi) is 19.9. The number of fused-ring (bicyclic) bond motifs is 1. The van der Waals surface area contributed by atoms with Crippen molar-refractivity contribution < 1.29 is 42.2 Å². The van der Waals surface area contributed by atoms with E-state index in [4.69, 9.17) is 5.73 Å². The number of rotatable bonds is 28. The van der Waals surface area contributed by atoms with Crippen LogP contribution < -0.4 is 31.8 Å². The predicted molar refractivity (Wildman–Crippen MR) is 249 cm³/mol. The highest BCUT2D eigenvalue weighted by Gasteiger charge is 2.36. The van der Waals surface area contributed by atoms with Crippen molar-refractivity contribution in [1.29, 1.82) is 0 Å². The Morgan fingerprint density at radius 2 is 1.33 bits per heavy atom. The summed E-state index contributed by atoms with van der Waals surface area (Å²) in [6, 6.07) is 20.6.